The standard InChI is InChI=1S/C17H20N4O3S2/c1-24-10-9-21-16(19-14-4-2-7-18-17(14)21)13-6-8-20(12-13)26(22,23)15-5-3-11-25-15/h2-5,7,11,13H,6,8-10,12H2,1H3/t13-/m1/s1. The van der Waals surface area contributed by atoms with Crippen molar-refractivity contribution in [3.05, 3.63) is 41.7 Å². The molecule has 1 saturated heterocycles. The molecule has 26 heavy (non-hydrogen) atoms. The topological polar surface area (TPSA) is 77.3 Å². The van der Waals surface area contributed by atoms with Crippen molar-refractivity contribution in [3.8, 4) is 0 Å². The average Bonchev–Trinajstić information content (AvgIpc) is 3.39. The number of fused-ring (bicyclic) bond motifs is 1. The second-order valence-corrected chi connectivity index (χ2v) is 9.35. The van der Waals surface area contributed by atoms with Crippen molar-refractivity contribution in [2.75, 3.05) is 26.8 Å². The van der Waals surface area contributed by atoms with E-state index < -0.39 is 10.0 Å². The van der Waals surface area contributed by atoms with Gasteiger partial charge in [-0.1, -0.05) is 6.07 Å². The third-order valence-electron chi connectivity index (χ3n) is 4.66. The van der Waals surface area contributed by atoms with Crippen molar-refractivity contribution in [1.82, 2.24) is 18.8 Å². The van der Waals surface area contributed by atoms with Crippen LogP contribution in [-0.4, -0.2) is 54.1 Å². The Hall–Kier alpha value is -1.81. The van der Waals surface area contributed by atoms with Gasteiger partial charge in [0.1, 0.15) is 15.6 Å². The van der Waals surface area contributed by atoms with E-state index in [9.17, 15) is 8.42 Å². The summed E-state index contributed by atoms with van der Waals surface area (Å²) in [6, 6.07) is 7.22. The molecule has 4 heterocycles. The Balaban J connectivity index is 1.65. The molecule has 3 aromatic rings. The molecule has 0 bridgehead atoms. The zero-order valence-electron chi connectivity index (χ0n) is 14.4. The molecule has 0 amide bonds. The van der Waals surface area contributed by atoms with Gasteiger partial charge in [0, 0.05) is 38.9 Å². The quantitative estimate of drug-likeness (QED) is 0.643. The first-order valence-electron chi connectivity index (χ1n) is 8.45. The summed E-state index contributed by atoms with van der Waals surface area (Å²) in [5.74, 6) is 0.940. The zero-order chi connectivity index (χ0) is 18.1. The Labute approximate surface area is 156 Å². The summed E-state index contributed by atoms with van der Waals surface area (Å²) >= 11 is 1.25. The lowest BCUT2D eigenvalue weighted by Gasteiger charge is -2.16. The fourth-order valence-electron chi connectivity index (χ4n) is 3.39. The summed E-state index contributed by atoms with van der Waals surface area (Å²) in [5, 5.41) is 1.79. The molecule has 1 aliphatic heterocycles. The summed E-state index contributed by atoms with van der Waals surface area (Å²) in [7, 11) is -1.76. The van der Waals surface area contributed by atoms with Gasteiger partial charge >= 0.3 is 0 Å². The summed E-state index contributed by atoms with van der Waals surface area (Å²) in [5.41, 5.74) is 1.65. The van der Waals surface area contributed by atoms with E-state index in [1.165, 1.54) is 11.3 Å². The maximum absolute atomic E-state index is 12.8. The molecule has 0 unspecified atom stereocenters. The maximum atomic E-state index is 12.8. The number of nitrogens with zero attached hydrogens (tertiary/aromatic N) is 4. The van der Waals surface area contributed by atoms with Gasteiger partial charge in [-0.2, -0.15) is 4.31 Å². The van der Waals surface area contributed by atoms with Crippen LogP contribution >= 0.6 is 11.3 Å². The molecule has 0 aromatic carbocycles. The normalized spacial score (nSPS) is 18.7. The third-order valence-corrected chi connectivity index (χ3v) is 7.90. The van der Waals surface area contributed by atoms with Gasteiger partial charge in [-0.05, 0) is 30.0 Å². The molecular formula is C17H20N4O3S2. The Morgan fingerprint density at radius 3 is 3.00 bits per heavy atom. The van der Waals surface area contributed by atoms with Crippen LogP contribution in [0.5, 0.6) is 0 Å². The van der Waals surface area contributed by atoms with Gasteiger partial charge in [0.15, 0.2) is 5.65 Å². The number of aromatic nitrogens is 3. The Kier molecular flexibility index (Phi) is 4.78. The lowest BCUT2D eigenvalue weighted by molar-refractivity contribution is 0.187. The molecule has 0 saturated carbocycles. The first-order valence-corrected chi connectivity index (χ1v) is 10.8. The first-order chi connectivity index (χ1) is 12.6. The lowest BCUT2D eigenvalue weighted by Crippen LogP contribution is -2.28. The first kappa shape index (κ1) is 17.6. The number of thiophene rings is 1. The minimum Gasteiger partial charge on any atom is -0.383 e. The number of hydrogen-bond acceptors (Lipinski definition) is 6. The van der Waals surface area contributed by atoms with E-state index in [0.29, 0.717) is 30.5 Å². The highest BCUT2D eigenvalue weighted by molar-refractivity contribution is 7.91. The molecule has 7 nitrogen and oxygen atoms in total. The molecule has 1 fully saturated rings. The molecule has 0 spiro atoms. The van der Waals surface area contributed by atoms with E-state index in [-0.39, 0.29) is 5.92 Å². The number of rotatable bonds is 6. The van der Waals surface area contributed by atoms with Crippen LogP contribution in [0.1, 0.15) is 18.2 Å². The Morgan fingerprint density at radius 1 is 1.35 bits per heavy atom. The van der Waals surface area contributed by atoms with Crippen molar-refractivity contribution in [3.63, 3.8) is 0 Å². The summed E-state index contributed by atoms with van der Waals surface area (Å²) in [6.45, 7) is 2.15. The molecule has 138 valence electrons. The Bertz CT molecular complexity index is 998. The Morgan fingerprint density at radius 2 is 2.23 bits per heavy atom. The van der Waals surface area contributed by atoms with Gasteiger partial charge in [0.05, 0.1) is 6.61 Å². The second kappa shape index (κ2) is 7.07. The van der Waals surface area contributed by atoms with Crippen LogP contribution in [0.25, 0.3) is 11.2 Å². The molecule has 1 atom stereocenters. The van der Waals surface area contributed by atoms with Gasteiger partial charge in [0.25, 0.3) is 10.0 Å². The maximum Gasteiger partial charge on any atom is 0.252 e. The molecule has 1 aliphatic rings. The number of methoxy groups -OCH3 is 1. The lowest BCUT2D eigenvalue weighted by atomic mass is 10.1. The monoisotopic (exact) mass is 392 g/mol. The molecule has 0 N–H and O–H groups in total. The number of imidazole rings is 1. The van der Waals surface area contributed by atoms with Crippen molar-refractivity contribution in [1.29, 1.82) is 0 Å². The number of hydrogen-bond donors (Lipinski definition) is 0. The second-order valence-electron chi connectivity index (χ2n) is 6.24. The fourth-order valence-corrected chi connectivity index (χ4v) is 6.03. The van der Waals surface area contributed by atoms with E-state index in [2.05, 4.69) is 9.55 Å². The van der Waals surface area contributed by atoms with Gasteiger partial charge < -0.3 is 9.30 Å². The van der Waals surface area contributed by atoms with Crippen LogP contribution < -0.4 is 0 Å². The highest BCUT2D eigenvalue weighted by Crippen LogP contribution is 2.33. The van der Waals surface area contributed by atoms with Crippen LogP contribution in [0, 0.1) is 0 Å². The van der Waals surface area contributed by atoms with Gasteiger partial charge in [-0.3, -0.25) is 0 Å². The van der Waals surface area contributed by atoms with Gasteiger partial charge in [0.2, 0.25) is 0 Å². The van der Waals surface area contributed by atoms with Crippen LogP contribution in [-0.2, 0) is 21.3 Å². The van der Waals surface area contributed by atoms with Crippen molar-refractivity contribution < 1.29 is 13.2 Å². The smallest absolute Gasteiger partial charge is 0.252 e. The molecule has 3 aromatic heterocycles. The fraction of sp³-hybridized carbons (Fsp3) is 0.412. The van der Waals surface area contributed by atoms with Crippen molar-refractivity contribution in [2.45, 2.75) is 23.1 Å². The SMILES string of the molecule is COCCn1c([C@@H]2CCN(S(=O)(=O)c3cccs3)C2)nc2cccnc21. The number of ether oxygens (including phenoxy) is 1. The van der Waals surface area contributed by atoms with Crippen molar-refractivity contribution in [2.24, 2.45) is 0 Å². The number of sulfonamides is 1. The van der Waals surface area contributed by atoms with Gasteiger partial charge in [-0.15, -0.1) is 11.3 Å². The predicted molar refractivity (Wildman–Crippen MR) is 99.8 cm³/mol. The van der Waals surface area contributed by atoms with E-state index in [4.69, 9.17) is 9.72 Å². The molecule has 0 aliphatic carbocycles. The number of pyridine rings is 1. The zero-order valence-corrected chi connectivity index (χ0v) is 16.0. The highest BCUT2D eigenvalue weighted by atomic mass is 32.2. The van der Waals surface area contributed by atoms with Crippen LogP contribution in [0.4, 0.5) is 0 Å². The van der Waals surface area contributed by atoms with E-state index >= 15 is 0 Å². The molecule has 4 rings (SSSR count). The average molecular weight is 393 g/mol. The van der Waals surface area contributed by atoms with E-state index in [1.54, 1.807) is 35.1 Å². The molecule has 9 heteroatoms. The van der Waals surface area contributed by atoms with E-state index in [1.807, 2.05) is 12.1 Å². The summed E-state index contributed by atoms with van der Waals surface area (Å²) in [4.78, 5) is 9.20. The molecular weight excluding hydrogens is 372 g/mol. The van der Waals surface area contributed by atoms with Crippen LogP contribution in [0.2, 0.25) is 0 Å². The van der Waals surface area contributed by atoms with Crippen LogP contribution in [0.15, 0.2) is 40.1 Å². The summed E-state index contributed by atoms with van der Waals surface area (Å²) in [6.07, 6.45) is 2.50. The molecule has 0 radical (unpaired) electrons. The van der Waals surface area contributed by atoms with Crippen molar-refractivity contribution >= 4 is 32.5 Å². The highest BCUT2D eigenvalue weighted by Gasteiger charge is 2.36. The van der Waals surface area contributed by atoms with Crippen LogP contribution in [0.3, 0.4) is 0 Å². The minimum absolute atomic E-state index is 0.0517. The van der Waals surface area contributed by atoms with E-state index in [0.717, 1.165) is 23.4 Å². The minimum atomic E-state index is -3.42. The predicted octanol–water partition coefficient (Wildman–Crippen LogP) is 2.32. The summed E-state index contributed by atoms with van der Waals surface area (Å²) < 4.78 is 34.8. The largest absolute Gasteiger partial charge is 0.383 e. The third kappa shape index (κ3) is 3.05. The van der Waals surface area contributed by atoms with Gasteiger partial charge in [-0.25, -0.2) is 18.4 Å².